The van der Waals surface area contributed by atoms with E-state index in [4.69, 9.17) is 4.74 Å². The topological polar surface area (TPSA) is 57.7 Å². The third-order valence-corrected chi connectivity index (χ3v) is 3.96. The van der Waals surface area contributed by atoms with Crippen LogP contribution >= 0.6 is 11.3 Å². The van der Waals surface area contributed by atoms with Gasteiger partial charge in [-0.1, -0.05) is 0 Å². The van der Waals surface area contributed by atoms with Crippen LogP contribution in [0.25, 0.3) is 0 Å². The Bertz CT molecular complexity index is 391. The van der Waals surface area contributed by atoms with Gasteiger partial charge in [0.1, 0.15) is 0 Å². The van der Waals surface area contributed by atoms with E-state index in [2.05, 4.69) is 25.5 Å². The van der Waals surface area contributed by atoms with Crippen molar-refractivity contribution >= 4 is 17.2 Å². The van der Waals surface area contributed by atoms with Crippen LogP contribution < -0.4 is 5.32 Å². The molecule has 1 aromatic heterocycles. The predicted octanol–water partition coefficient (Wildman–Crippen LogP) is 0.0233. The Kier molecular flexibility index (Phi) is 6.38. The van der Waals surface area contributed by atoms with E-state index in [0.717, 1.165) is 38.4 Å². The molecular weight excluding hydrogens is 276 g/mol. The fourth-order valence-corrected chi connectivity index (χ4v) is 2.75. The van der Waals surface area contributed by atoms with E-state index in [1.165, 1.54) is 0 Å². The van der Waals surface area contributed by atoms with Crippen LogP contribution in [0.1, 0.15) is 5.69 Å². The van der Waals surface area contributed by atoms with Gasteiger partial charge < -0.3 is 10.1 Å². The lowest BCUT2D eigenvalue weighted by atomic mass is 10.3. The minimum Gasteiger partial charge on any atom is -0.383 e. The summed E-state index contributed by atoms with van der Waals surface area (Å²) in [7, 11) is 1.63. The summed E-state index contributed by atoms with van der Waals surface area (Å²) in [5.74, 6) is 0.0787. The third kappa shape index (κ3) is 5.16. The molecule has 0 radical (unpaired) electrons. The van der Waals surface area contributed by atoms with Gasteiger partial charge in [-0.2, -0.15) is 0 Å². The second kappa shape index (κ2) is 8.31. The number of ether oxygens (including phenoxy) is 1. The minimum atomic E-state index is 0.0787. The zero-order valence-corrected chi connectivity index (χ0v) is 12.7. The van der Waals surface area contributed by atoms with E-state index in [0.29, 0.717) is 19.7 Å². The Morgan fingerprint density at radius 3 is 2.80 bits per heavy atom. The molecule has 0 aliphatic carbocycles. The van der Waals surface area contributed by atoms with Crippen molar-refractivity contribution in [3.63, 3.8) is 0 Å². The van der Waals surface area contributed by atoms with E-state index in [1.54, 1.807) is 18.4 Å². The molecule has 1 aromatic rings. The molecule has 1 saturated heterocycles. The number of methoxy groups -OCH3 is 1. The van der Waals surface area contributed by atoms with Crippen molar-refractivity contribution in [1.29, 1.82) is 0 Å². The smallest absolute Gasteiger partial charge is 0.234 e. The van der Waals surface area contributed by atoms with Crippen LogP contribution in [0.15, 0.2) is 10.9 Å². The number of nitrogens with one attached hydrogen (secondary N) is 1. The number of hydrogen-bond acceptors (Lipinski definition) is 6. The van der Waals surface area contributed by atoms with Gasteiger partial charge in [-0.15, -0.1) is 11.3 Å². The summed E-state index contributed by atoms with van der Waals surface area (Å²) in [6.07, 6.45) is 0. The van der Waals surface area contributed by atoms with Crippen LogP contribution in [-0.2, 0) is 16.1 Å². The molecule has 6 nitrogen and oxygen atoms in total. The average molecular weight is 298 g/mol. The molecule has 2 rings (SSSR count). The molecule has 1 aliphatic heterocycles. The Morgan fingerprint density at radius 1 is 1.40 bits per heavy atom. The fourth-order valence-electron chi connectivity index (χ4n) is 2.20. The SMILES string of the molecule is COCCNC(=O)CN1CCN(Cc2cscn2)CC1. The molecule has 20 heavy (non-hydrogen) atoms. The van der Waals surface area contributed by atoms with E-state index in [1.807, 2.05) is 5.51 Å². The Labute approximate surface area is 123 Å². The molecule has 112 valence electrons. The number of thiazole rings is 1. The van der Waals surface area contributed by atoms with Gasteiger partial charge >= 0.3 is 0 Å². The monoisotopic (exact) mass is 298 g/mol. The first-order chi connectivity index (χ1) is 9.78. The van der Waals surface area contributed by atoms with Crippen molar-refractivity contribution in [3.05, 3.63) is 16.6 Å². The van der Waals surface area contributed by atoms with Gasteiger partial charge in [0.15, 0.2) is 0 Å². The quantitative estimate of drug-likeness (QED) is 0.720. The molecule has 1 amide bonds. The van der Waals surface area contributed by atoms with Crippen LogP contribution in [0, 0.1) is 0 Å². The zero-order valence-electron chi connectivity index (χ0n) is 11.9. The summed E-state index contributed by atoms with van der Waals surface area (Å²) in [6.45, 7) is 6.38. The van der Waals surface area contributed by atoms with Crippen LogP contribution in [0.5, 0.6) is 0 Å². The lowest BCUT2D eigenvalue weighted by Crippen LogP contribution is -2.49. The van der Waals surface area contributed by atoms with Crippen molar-refractivity contribution < 1.29 is 9.53 Å². The highest BCUT2D eigenvalue weighted by molar-refractivity contribution is 7.07. The molecule has 0 atom stereocenters. The maximum atomic E-state index is 11.7. The average Bonchev–Trinajstić information content (AvgIpc) is 2.94. The largest absolute Gasteiger partial charge is 0.383 e. The molecule has 0 unspecified atom stereocenters. The third-order valence-electron chi connectivity index (χ3n) is 3.33. The Morgan fingerprint density at radius 2 is 2.15 bits per heavy atom. The van der Waals surface area contributed by atoms with Crippen molar-refractivity contribution in [2.75, 3.05) is 53.0 Å². The molecule has 0 bridgehead atoms. The number of aromatic nitrogens is 1. The van der Waals surface area contributed by atoms with Crippen molar-refractivity contribution in [1.82, 2.24) is 20.1 Å². The normalized spacial score (nSPS) is 17.2. The molecule has 0 spiro atoms. The highest BCUT2D eigenvalue weighted by Gasteiger charge is 2.19. The lowest BCUT2D eigenvalue weighted by molar-refractivity contribution is -0.122. The molecule has 0 aromatic carbocycles. The van der Waals surface area contributed by atoms with Gasteiger partial charge in [0.2, 0.25) is 5.91 Å². The number of amides is 1. The summed E-state index contributed by atoms with van der Waals surface area (Å²) in [5.41, 5.74) is 3.01. The molecular formula is C13H22N4O2S. The van der Waals surface area contributed by atoms with Gasteiger partial charge in [0.25, 0.3) is 0 Å². The van der Waals surface area contributed by atoms with Gasteiger partial charge in [-0.3, -0.25) is 14.6 Å². The molecule has 2 heterocycles. The van der Waals surface area contributed by atoms with Gasteiger partial charge in [0, 0.05) is 51.8 Å². The van der Waals surface area contributed by atoms with Gasteiger partial charge in [-0.05, 0) is 0 Å². The van der Waals surface area contributed by atoms with Crippen molar-refractivity contribution in [2.45, 2.75) is 6.54 Å². The van der Waals surface area contributed by atoms with Gasteiger partial charge in [0.05, 0.1) is 24.4 Å². The maximum Gasteiger partial charge on any atom is 0.234 e. The maximum absolute atomic E-state index is 11.7. The summed E-state index contributed by atoms with van der Waals surface area (Å²) in [4.78, 5) is 20.6. The number of piperazine rings is 1. The second-order valence-electron chi connectivity index (χ2n) is 4.87. The Hall–Kier alpha value is -1.02. The summed E-state index contributed by atoms with van der Waals surface area (Å²) in [6, 6.07) is 0. The number of rotatable bonds is 7. The summed E-state index contributed by atoms with van der Waals surface area (Å²) < 4.78 is 4.91. The highest BCUT2D eigenvalue weighted by atomic mass is 32.1. The van der Waals surface area contributed by atoms with E-state index in [9.17, 15) is 4.79 Å². The molecule has 1 N–H and O–H groups in total. The fraction of sp³-hybridized carbons (Fsp3) is 0.692. The minimum absolute atomic E-state index is 0.0787. The van der Waals surface area contributed by atoms with Crippen LogP contribution in [0.2, 0.25) is 0 Å². The van der Waals surface area contributed by atoms with Crippen LogP contribution in [0.4, 0.5) is 0 Å². The van der Waals surface area contributed by atoms with Gasteiger partial charge in [-0.25, -0.2) is 4.98 Å². The van der Waals surface area contributed by atoms with E-state index < -0.39 is 0 Å². The molecule has 0 saturated carbocycles. The number of carbonyl (C=O) groups excluding carboxylic acids is 1. The first kappa shape index (κ1) is 15.4. The highest BCUT2D eigenvalue weighted by Crippen LogP contribution is 2.08. The van der Waals surface area contributed by atoms with E-state index in [-0.39, 0.29) is 5.91 Å². The van der Waals surface area contributed by atoms with E-state index >= 15 is 0 Å². The zero-order chi connectivity index (χ0) is 14.2. The number of nitrogens with zero attached hydrogens (tertiary/aromatic N) is 3. The van der Waals surface area contributed by atoms with Crippen molar-refractivity contribution in [3.8, 4) is 0 Å². The molecule has 7 heteroatoms. The number of hydrogen-bond donors (Lipinski definition) is 1. The van der Waals surface area contributed by atoms with Crippen LogP contribution in [-0.4, -0.2) is 73.7 Å². The summed E-state index contributed by atoms with van der Waals surface area (Å²) in [5, 5.41) is 4.94. The summed E-state index contributed by atoms with van der Waals surface area (Å²) >= 11 is 1.64. The first-order valence-electron chi connectivity index (χ1n) is 6.85. The van der Waals surface area contributed by atoms with Crippen molar-refractivity contribution in [2.24, 2.45) is 0 Å². The standard InChI is InChI=1S/C13H22N4O2S/c1-19-7-2-14-13(18)9-17-5-3-16(4-6-17)8-12-10-20-11-15-12/h10-11H,2-9H2,1H3,(H,14,18). The van der Waals surface area contributed by atoms with Crippen LogP contribution in [0.3, 0.4) is 0 Å². The molecule has 1 aliphatic rings. The number of carbonyl (C=O) groups is 1. The lowest BCUT2D eigenvalue weighted by Gasteiger charge is -2.33. The Balaban J connectivity index is 1.62. The first-order valence-corrected chi connectivity index (χ1v) is 7.79. The molecule has 1 fully saturated rings. The second-order valence-corrected chi connectivity index (χ2v) is 5.59. The predicted molar refractivity (Wildman–Crippen MR) is 78.7 cm³/mol.